The van der Waals surface area contributed by atoms with Gasteiger partial charge in [0.2, 0.25) is 5.91 Å². The van der Waals surface area contributed by atoms with Crippen molar-refractivity contribution in [2.75, 3.05) is 11.9 Å². The SMILES string of the molecule is O=C(CCC(F)(F)F)Nc1ccc(F)c(C#CCCO)c1. The lowest BCUT2D eigenvalue weighted by Crippen LogP contribution is -2.16. The number of aliphatic hydroxyl groups is 1. The number of alkyl halides is 3. The summed E-state index contributed by atoms with van der Waals surface area (Å²) in [5.74, 6) is 3.55. The van der Waals surface area contributed by atoms with E-state index in [0.29, 0.717) is 0 Å². The summed E-state index contributed by atoms with van der Waals surface area (Å²) in [6.45, 7) is -0.164. The van der Waals surface area contributed by atoms with Gasteiger partial charge in [-0.05, 0) is 18.2 Å². The minimum absolute atomic E-state index is 0.00271. The van der Waals surface area contributed by atoms with Crippen LogP contribution in [0.1, 0.15) is 24.8 Å². The van der Waals surface area contributed by atoms with E-state index in [2.05, 4.69) is 17.2 Å². The maximum atomic E-state index is 13.4. The predicted octanol–water partition coefficient (Wildman–Crippen LogP) is 2.84. The number of rotatable bonds is 4. The number of nitrogens with one attached hydrogen (secondary N) is 1. The fourth-order valence-corrected chi connectivity index (χ4v) is 1.39. The molecule has 1 aromatic rings. The molecule has 0 saturated carbocycles. The van der Waals surface area contributed by atoms with E-state index in [0.717, 1.165) is 6.07 Å². The minimum Gasteiger partial charge on any atom is -0.395 e. The van der Waals surface area contributed by atoms with Gasteiger partial charge < -0.3 is 10.4 Å². The molecular weight excluding hydrogens is 290 g/mol. The third-order valence-corrected chi connectivity index (χ3v) is 2.35. The molecule has 114 valence electrons. The summed E-state index contributed by atoms with van der Waals surface area (Å²) in [5.41, 5.74) is 0.161. The van der Waals surface area contributed by atoms with Crippen LogP contribution in [0.5, 0.6) is 0 Å². The summed E-state index contributed by atoms with van der Waals surface area (Å²) in [7, 11) is 0. The van der Waals surface area contributed by atoms with E-state index in [1.165, 1.54) is 12.1 Å². The van der Waals surface area contributed by atoms with Gasteiger partial charge in [-0.25, -0.2) is 4.39 Å². The molecule has 0 aliphatic rings. The standard InChI is InChI=1S/C14H13F4NO2/c15-12-5-4-11(9-10(12)3-1-2-8-20)19-13(21)6-7-14(16,17)18/h4-5,9,20H,2,6-8H2,(H,19,21). The lowest BCUT2D eigenvalue weighted by atomic mass is 10.1. The number of anilines is 1. The molecule has 0 unspecified atom stereocenters. The number of amides is 1. The Bertz CT molecular complexity index is 558. The third kappa shape index (κ3) is 6.77. The molecule has 0 bridgehead atoms. The zero-order valence-electron chi connectivity index (χ0n) is 10.9. The highest BCUT2D eigenvalue weighted by molar-refractivity contribution is 5.90. The number of hydrogen-bond donors (Lipinski definition) is 2. The number of benzene rings is 1. The Hall–Kier alpha value is -2.07. The van der Waals surface area contributed by atoms with Crippen LogP contribution in [0.4, 0.5) is 23.2 Å². The molecule has 1 amide bonds. The largest absolute Gasteiger partial charge is 0.395 e. The van der Waals surface area contributed by atoms with Crippen molar-refractivity contribution in [1.29, 1.82) is 0 Å². The van der Waals surface area contributed by atoms with E-state index in [1.807, 2.05) is 0 Å². The van der Waals surface area contributed by atoms with Crippen LogP contribution in [0, 0.1) is 17.7 Å². The van der Waals surface area contributed by atoms with Crippen molar-refractivity contribution in [3.63, 3.8) is 0 Å². The zero-order chi connectivity index (χ0) is 15.9. The Labute approximate surface area is 119 Å². The van der Waals surface area contributed by atoms with Gasteiger partial charge in [0, 0.05) is 18.5 Å². The van der Waals surface area contributed by atoms with Crippen molar-refractivity contribution in [2.24, 2.45) is 0 Å². The molecule has 3 nitrogen and oxygen atoms in total. The Balaban J connectivity index is 2.70. The first-order valence-corrected chi connectivity index (χ1v) is 6.07. The molecule has 7 heteroatoms. The fraction of sp³-hybridized carbons (Fsp3) is 0.357. The average Bonchev–Trinajstić information content (AvgIpc) is 2.39. The summed E-state index contributed by atoms with van der Waals surface area (Å²) >= 11 is 0. The predicted molar refractivity (Wildman–Crippen MR) is 68.9 cm³/mol. The molecule has 21 heavy (non-hydrogen) atoms. The van der Waals surface area contributed by atoms with E-state index in [9.17, 15) is 22.4 Å². The average molecular weight is 303 g/mol. The summed E-state index contributed by atoms with van der Waals surface area (Å²) < 4.78 is 49.3. The van der Waals surface area contributed by atoms with E-state index in [1.54, 1.807) is 0 Å². The Morgan fingerprint density at radius 2 is 2.05 bits per heavy atom. The Morgan fingerprint density at radius 3 is 2.67 bits per heavy atom. The van der Waals surface area contributed by atoms with Crippen molar-refractivity contribution in [3.8, 4) is 11.8 Å². The molecule has 0 atom stereocenters. The van der Waals surface area contributed by atoms with Gasteiger partial charge in [-0.15, -0.1) is 0 Å². The maximum absolute atomic E-state index is 13.4. The van der Waals surface area contributed by atoms with Crippen LogP contribution in [-0.4, -0.2) is 23.8 Å². The number of aliphatic hydroxyl groups excluding tert-OH is 1. The van der Waals surface area contributed by atoms with Gasteiger partial charge in [-0.2, -0.15) is 13.2 Å². The molecule has 1 aromatic carbocycles. The van der Waals surface area contributed by atoms with Crippen LogP contribution >= 0.6 is 0 Å². The van der Waals surface area contributed by atoms with Crippen molar-refractivity contribution in [3.05, 3.63) is 29.6 Å². The lowest BCUT2D eigenvalue weighted by molar-refractivity contribution is -0.142. The summed E-state index contributed by atoms with van der Waals surface area (Å²) in [5, 5.41) is 10.8. The molecule has 0 fully saturated rings. The second-order valence-electron chi connectivity index (χ2n) is 4.13. The van der Waals surface area contributed by atoms with E-state index in [-0.39, 0.29) is 24.3 Å². The molecule has 0 aliphatic heterocycles. The molecule has 2 N–H and O–H groups in total. The number of hydrogen-bond acceptors (Lipinski definition) is 2. The van der Waals surface area contributed by atoms with Gasteiger partial charge in [0.05, 0.1) is 18.6 Å². The van der Waals surface area contributed by atoms with Crippen LogP contribution in [0.15, 0.2) is 18.2 Å². The van der Waals surface area contributed by atoms with Gasteiger partial charge >= 0.3 is 6.18 Å². The lowest BCUT2D eigenvalue weighted by Gasteiger charge is -2.08. The van der Waals surface area contributed by atoms with Crippen LogP contribution in [0.25, 0.3) is 0 Å². The highest BCUT2D eigenvalue weighted by Crippen LogP contribution is 2.22. The molecule has 0 aliphatic carbocycles. The molecule has 0 saturated heterocycles. The van der Waals surface area contributed by atoms with Crippen LogP contribution in [0.3, 0.4) is 0 Å². The topological polar surface area (TPSA) is 49.3 Å². The van der Waals surface area contributed by atoms with Gasteiger partial charge in [-0.3, -0.25) is 4.79 Å². The van der Waals surface area contributed by atoms with Gasteiger partial charge in [0.25, 0.3) is 0 Å². The van der Waals surface area contributed by atoms with Gasteiger partial charge in [-0.1, -0.05) is 11.8 Å². The Morgan fingerprint density at radius 1 is 1.33 bits per heavy atom. The molecular formula is C14H13F4NO2. The number of halogens is 4. The highest BCUT2D eigenvalue weighted by atomic mass is 19.4. The molecule has 1 rings (SSSR count). The molecule has 0 aromatic heterocycles. The minimum atomic E-state index is -4.40. The first-order chi connectivity index (χ1) is 9.81. The van der Waals surface area contributed by atoms with E-state index in [4.69, 9.17) is 5.11 Å². The van der Waals surface area contributed by atoms with Crippen LogP contribution < -0.4 is 5.32 Å². The number of carbonyl (C=O) groups excluding carboxylic acids is 1. The second kappa shape index (κ2) is 7.64. The van der Waals surface area contributed by atoms with Gasteiger partial charge in [0.1, 0.15) is 5.82 Å². The van der Waals surface area contributed by atoms with E-state index >= 15 is 0 Å². The second-order valence-corrected chi connectivity index (χ2v) is 4.13. The van der Waals surface area contributed by atoms with Crippen molar-refractivity contribution in [1.82, 2.24) is 0 Å². The van der Waals surface area contributed by atoms with E-state index < -0.39 is 30.7 Å². The Kier molecular flexibility index (Phi) is 6.18. The van der Waals surface area contributed by atoms with Crippen molar-refractivity contribution < 1.29 is 27.5 Å². The first-order valence-electron chi connectivity index (χ1n) is 6.07. The number of carbonyl (C=O) groups is 1. The van der Waals surface area contributed by atoms with Crippen molar-refractivity contribution in [2.45, 2.75) is 25.4 Å². The van der Waals surface area contributed by atoms with Gasteiger partial charge in [0.15, 0.2) is 0 Å². The van der Waals surface area contributed by atoms with Crippen LogP contribution in [0.2, 0.25) is 0 Å². The summed E-state index contributed by atoms with van der Waals surface area (Å²) in [4.78, 5) is 11.3. The normalized spacial score (nSPS) is 10.7. The first kappa shape index (κ1) is 17.0. The molecule has 0 heterocycles. The van der Waals surface area contributed by atoms with Crippen LogP contribution in [-0.2, 0) is 4.79 Å². The summed E-state index contributed by atoms with van der Waals surface area (Å²) in [6.07, 6.45) is -6.15. The highest BCUT2D eigenvalue weighted by Gasteiger charge is 2.27. The zero-order valence-corrected chi connectivity index (χ0v) is 10.9. The maximum Gasteiger partial charge on any atom is 0.389 e. The van der Waals surface area contributed by atoms with Crippen molar-refractivity contribution >= 4 is 11.6 Å². The molecule has 0 radical (unpaired) electrons. The smallest absolute Gasteiger partial charge is 0.389 e. The third-order valence-electron chi connectivity index (χ3n) is 2.35. The quantitative estimate of drug-likeness (QED) is 0.664. The molecule has 0 spiro atoms. The fourth-order valence-electron chi connectivity index (χ4n) is 1.39. The summed E-state index contributed by atoms with van der Waals surface area (Å²) in [6, 6.07) is 3.52. The monoisotopic (exact) mass is 303 g/mol.